The van der Waals surface area contributed by atoms with Crippen LogP contribution in [-0.2, 0) is 30.5 Å². The molecule has 5 rings (SSSR count). The second kappa shape index (κ2) is 12.0. The SMILES string of the molecule is CC(C)(C)OC(=O)N[C@H](Cc1c[nH]c2ccccc12)c1nnc(Cc2cccc(Cl)c2)n1CCCc1c[nH]cn1. The lowest BCUT2D eigenvalue weighted by Crippen LogP contribution is -2.37. The molecule has 10 heteroatoms. The summed E-state index contributed by atoms with van der Waals surface area (Å²) in [5.41, 5.74) is 3.50. The number of carbonyl (C=O) groups is 1. The second-order valence-corrected chi connectivity index (χ2v) is 11.3. The van der Waals surface area contributed by atoms with Crippen molar-refractivity contribution in [2.75, 3.05) is 0 Å². The van der Waals surface area contributed by atoms with E-state index in [0.29, 0.717) is 30.2 Å². The number of nitrogens with one attached hydrogen (secondary N) is 3. The Kier molecular flexibility index (Phi) is 8.21. The molecular formula is C30H34ClN7O2. The van der Waals surface area contributed by atoms with Gasteiger partial charge >= 0.3 is 6.09 Å². The van der Waals surface area contributed by atoms with E-state index < -0.39 is 17.7 Å². The Hall–Kier alpha value is -4.11. The number of hydrogen-bond acceptors (Lipinski definition) is 5. The molecule has 0 radical (unpaired) electrons. The summed E-state index contributed by atoms with van der Waals surface area (Å²) in [6.07, 6.45) is 7.77. The van der Waals surface area contributed by atoms with Gasteiger partial charge in [0.1, 0.15) is 11.4 Å². The fraction of sp³-hybridized carbons (Fsp3) is 0.333. The summed E-state index contributed by atoms with van der Waals surface area (Å²) in [7, 11) is 0. The lowest BCUT2D eigenvalue weighted by atomic mass is 10.0. The zero-order chi connectivity index (χ0) is 28.1. The Morgan fingerprint density at radius 3 is 2.75 bits per heavy atom. The number of imidazole rings is 1. The molecule has 0 fully saturated rings. The highest BCUT2D eigenvalue weighted by atomic mass is 35.5. The third kappa shape index (κ3) is 6.90. The number of para-hydroxylation sites is 1. The third-order valence-electron chi connectivity index (χ3n) is 6.58. The first-order chi connectivity index (χ1) is 19.2. The number of aromatic nitrogens is 6. The summed E-state index contributed by atoms with van der Waals surface area (Å²) in [6.45, 7) is 6.21. The highest BCUT2D eigenvalue weighted by molar-refractivity contribution is 6.30. The van der Waals surface area contributed by atoms with Gasteiger partial charge < -0.3 is 24.6 Å². The zero-order valence-electron chi connectivity index (χ0n) is 22.9. The molecule has 0 unspecified atom stereocenters. The van der Waals surface area contributed by atoms with E-state index in [2.05, 4.69) is 41.1 Å². The van der Waals surface area contributed by atoms with E-state index >= 15 is 0 Å². The molecule has 208 valence electrons. The van der Waals surface area contributed by atoms with E-state index in [0.717, 1.165) is 46.4 Å². The summed E-state index contributed by atoms with van der Waals surface area (Å²) in [4.78, 5) is 23.7. The van der Waals surface area contributed by atoms with Crippen LogP contribution in [0.2, 0.25) is 5.02 Å². The Morgan fingerprint density at radius 1 is 1.12 bits per heavy atom. The summed E-state index contributed by atoms with van der Waals surface area (Å²) >= 11 is 6.27. The molecule has 0 aliphatic heterocycles. The Balaban J connectivity index is 1.49. The average molecular weight is 560 g/mol. The van der Waals surface area contributed by atoms with Crippen molar-refractivity contribution in [1.29, 1.82) is 0 Å². The molecule has 40 heavy (non-hydrogen) atoms. The number of alkyl carbamates (subject to hydrolysis) is 1. The number of H-pyrrole nitrogens is 2. The zero-order valence-corrected chi connectivity index (χ0v) is 23.7. The number of fused-ring (bicyclic) bond motifs is 1. The van der Waals surface area contributed by atoms with E-state index in [1.807, 2.05) is 75.6 Å². The van der Waals surface area contributed by atoms with Gasteiger partial charge in [0.25, 0.3) is 0 Å². The van der Waals surface area contributed by atoms with Gasteiger partial charge in [0, 0.05) is 47.7 Å². The van der Waals surface area contributed by atoms with Crippen molar-refractivity contribution in [1.82, 2.24) is 35.0 Å². The van der Waals surface area contributed by atoms with Gasteiger partial charge in [-0.25, -0.2) is 9.78 Å². The summed E-state index contributed by atoms with van der Waals surface area (Å²) in [5, 5.41) is 14.1. The minimum atomic E-state index is -0.635. The summed E-state index contributed by atoms with van der Waals surface area (Å²) in [5.74, 6) is 1.48. The number of aryl methyl sites for hydroxylation is 1. The number of nitrogens with zero attached hydrogens (tertiary/aromatic N) is 4. The normalized spacial score (nSPS) is 12.5. The standard InChI is InChI=1S/C30H34ClN7O2/c1-30(2,3)40-29(39)35-26(16-21-17-33-25-12-5-4-11-24(21)25)28-37-36-27(15-20-8-6-9-22(31)14-20)38(28)13-7-10-23-18-32-19-34-23/h4-6,8-9,11-12,14,17-19,26,33H,7,10,13,15-16H2,1-3H3,(H,32,34)(H,35,39)/t26-/m1/s1. The molecule has 0 bridgehead atoms. The number of aromatic amines is 2. The maximum Gasteiger partial charge on any atom is 0.408 e. The van der Waals surface area contributed by atoms with Crippen LogP contribution in [0, 0.1) is 0 Å². The highest BCUT2D eigenvalue weighted by Gasteiger charge is 2.27. The van der Waals surface area contributed by atoms with Crippen LogP contribution in [-0.4, -0.2) is 41.4 Å². The second-order valence-electron chi connectivity index (χ2n) is 10.9. The van der Waals surface area contributed by atoms with Gasteiger partial charge in [0.2, 0.25) is 0 Å². The lowest BCUT2D eigenvalue weighted by molar-refractivity contribution is 0.0500. The van der Waals surface area contributed by atoms with Crippen molar-refractivity contribution in [3.05, 3.63) is 101 Å². The van der Waals surface area contributed by atoms with Gasteiger partial charge in [-0.1, -0.05) is 41.9 Å². The molecule has 2 aromatic carbocycles. The van der Waals surface area contributed by atoms with Crippen LogP contribution in [0.25, 0.3) is 10.9 Å². The molecule has 3 heterocycles. The average Bonchev–Trinajstić information content (AvgIpc) is 3.64. The van der Waals surface area contributed by atoms with Crippen LogP contribution in [0.15, 0.2) is 67.3 Å². The van der Waals surface area contributed by atoms with Crippen molar-refractivity contribution >= 4 is 28.6 Å². The predicted octanol–water partition coefficient (Wildman–Crippen LogP) is 6.17. The van der Waals surface area contributed by atoms with E-state index in [1.165, 1.54) is 0 Å². The van der Waals surface area contributed by atoms with Crippen molar-refractivity contribution in [3.8, 4) is 0 Å². The van der Waals surface area contributed by atoms with Crippen LogP contribution in [0.1, 0.15) is 61.7 Å². The molecule has 1 atom stereocenters. The molecule has 0 aliphatic rings. The number of hydrogen-bond donors (Lipinski definition) is 3. The molecule has 0 saturated heterocycles. The Labute approximate surface area is 238 Å². The number of amides is 1. The molecule has 3 aromatic heterocycles. The number of rotatable bonds is 10. The molecule has 0 spiro atoms. The van der Waals surface area contributed by atoms with Crippen molar-refractivity contribution in [2.45, 2.75) is 64.6 Å². The molecule has 9 nitrogen and oxygen atoms in total. The Morgan fingerprint density at radius 2 is 1.98 bits per heavy atom. The van der Waals surface area contributed by atoms with Crippen molar-refractivity contribution in [2.24, 2.45) is 0 Å². The quantitative estimate of drug-likeness (QED) is 0.189. The largest absolute Gasteiger partial charge is 0.444 e. The van der Waals surface area contributed by atoms with Gasteiger partial charge in [0.05, 0.1) is 18.1 Å². The molecule has 5 aromatic rings. The van der Waals surface area contributed by atoms with Crippen molar-refractivity contribution < 1.29 is 9.53 Å². The van der Waals surface area contributed by atoms with Gasteiger partial charge in [-0.15, -0.1) is 10.2 Å². The number of benzene rings is 2. The fourth-order valence-corrected chi connectivity index (χ4v) is 5.05. The maximum atomic E-state index is 13.0. The summed E-state index contributed by atoms with van der Waals surface area (Å²) < 4.78 is 7.76. The van der Waals surface area contributed by atoms with E-state index in [-0.39, 0.29) is 0 Å². The number of halogens is 1. The topological polar surface area (TPSA) is 114 Å². The van der Waals surface area contributed by atoms with E-state index in [1.54, 1.807) is 6.33 Å². The smallest absolute Gasteiger partial charge is 0.408 e. The van der Waals surface area contributed by atoms with Gasteiger partial charge in [0.15, 0.2) is 5.82 Å². The molecular weight excluding hydrogens is 526 g/mol. The first kappa shape index (κ1) is 27.5. The van der Waals surface area contributed by atoms with Gasteiger partial charge in [-0.3, -0.25) is 0 Å². The monoisotopic (exact) mass is 559 g/mol. The fourth-order valence-electron chi connectivity index (χ4n) is 4.83. The van der Waals surface area contributed by atoms with Crippen molar-refractivity contribution in [3.63, 3.8) is 0 Å². The summed E-state index contributed by atoms with van der Waals surface area (Å²) in [6, 6.07) is 15.4. The maximum absolute atomic E-state index is 13.0. The van der Waals surface area contributed by atoms with E-state index in [9.17, 15) is 4.79 Å². The number of ether oxygens (including phenoxy) is 1. The predicted molar refractivity (Wildman–Crippen MR) is 155 cm³/mol. The van der Waals surface area contributed by atoms with Crippen LogP contribution in [0.4, 0.5) is 4.79 Å². The molecule has 0 aliphatic carbocycles. The molecule has 3 N–H and O–H groups in total. The minimum Gasteiger partial charge on any atom is -0.444 e. The van der Waals surface area contributed by atoms with Crippen LogP contribution < -0.4 is 5.32 Å². The molecule has 1 amide bonds. The van der Waals surface area contributed by atoms with Crippen LogP contribution in [0.3, 0.4) is 0 Å². The minimum absolute atomic E-state index is 0.472. The Bertz CT molecular complexity index is 1570. The lowest BCUT2D eigenvalue weighted by Gasteiger charge is -2.24. The third-order valence-corrected chi connectivity index (χ3v) is 6.81. The van der Waals surface area contributed by atoms with Gasteiger partial charge in [-0.05, 0) is 62.9 Å². The van der Waals surface area contributed by atoms with Crippen LogP contribution in [0.5, 0.6) is 0 Å². The van der Waals surface area contributed by atoms with Gasteiger partial charge in [-0.2, -0.15) is 0 Å². The first-order valence-electron chi connectivity index (χ1n) is 13.4. The van der Waals surface area contributed by atoms with E-state index in [4.69, 9.17) is 16.3 Å². The highest BCUT2D eigenvalue weighted by Crippen LogP contribution is 2.26. The molecule has 0 saturated carbocycles. The first-order valence-corrected chi connectivity index (χ1v) is 13.8. The number of carbonyl (C=O) groups excluding carboxylic acids is 1. The van der Waals surface area contributed by atoms with Crippen LogP contribution >= 0.6 is 11.6 Å².